The van der Waals surface area contributed by atoms with Gasteiger partial charge in [0.1, 0.15) is 0 Å². The second-order valence-electron chi connectivity index (χ2n) is 2.84. The lowest BCUT2D eigenvalue weighted by Crippen LogP contribution is -2.29. The summed E-state index contributed by atoms with van der Waals surface area (Å²) in [4.78, 5) is 29.5. The molecule has 0 unspecified atom stereocenters. The van der Waals surface area contributed by atoms with Crippen LogP contribution in [0.4, 0.5) is 13.2 Å². The molecule has 0 rings (SSSR count). The van der Waals surface area contributed by atoms with Gasteiger partial charge < -0.3 is 21.3 Å². The van der Waals surface area contributed by atoms with E-state index in [2.05, 4.69) is 5.32 Å². The molecule has 0 atom stereocenters. The Morgan fingerprint density at radius 3 is 1.83 bits per heavy atom. The first-order valence-electron chi connectivity index (χ1n) is 4.60. The number of alkyl halides is 3. The van der Waals surface area contributed by atoms with Crippen molar-refractivity contribution in [2.45, 2.75) is 19.0 Å². The van der Waals surface area contributed by atoms with Gasteiger partial charge in [-0.1, -0.05) is 0 Å². The molecule has 0 saturated heterocycles. The van der Waals surface area contributed by atoms with Crippen LogP contribution < -0.4 is 11.1 Å². The Bertz CT molecular complexity index is 293. The molecule has 0 spiro atoms. The van der Waals surface area contributed by atoms with Crippen molar-refractivity contribution in [3.05, 3.63) is 0 Å². The van der Waals surface area contributed by atoms with Crippen LogP contribution in [0.1, 0.15) is 12.8 Å². The Morgan fingerprint density at radius 1 is 1.11 bits per heavy atom. The third-order valence-electron chi connectivity index (χ3n) is 1.27. The number of nitrogens with two attached hydrogens (primary N) is 1. The van der Waals surface area contributed by atoms with Gasteiger partial charge in [-0.15, -0.1) is 0 Å². The molecule has 0 aliphatic carbocycles. The van der Waals surface area contributed by atoms with E-state index >= 15 is 0 Å². The molecule has 0 saturated carbocycles. The second kappa shape index (κ2) is 9.22. The first-order valence-corrected chi connectivity index (χ1v) is 4.60. The Kier molecular flexibility index (Phi) is 9.48. The summed E-state index contributed by atoms with van der Waals surface area (Å²) in [5.74, 6) is -3.99. The molecule has 0 bridgehead atoms. The fourth-order valence-corrected chi connectivity index (χ4v) is 0.520. The van der Waals surface area contributed by atoms with E-state index in [-0.39, 0.29) is 18.7 Å². The van der Waals surface area contributed by atoms with E-state index in [1.165, 1.54) is 0 Å². The average Bonchev–Trinajstić information content (AvgIpc) is 2.23. The van der Waals surface area contributed by atoms with Gasteiger partial charge >= 0.3 is 18.1 Å². The van der Waals surface area contributed by atoms with Crippen LogP contribution in [-0.4, -0.2) is 47.3 Å². The van der Waals surface area contributed by atoms with E-state index in [0.717, 1.165) is 0 Å². The number of halogens is 3. The summed E-state index contributed by atoms with van der Waals surface area (Å²) in [6.45, 7) is 0.775. The highest BCUT2D eigenvalue weighted by Crippen LogP contribution is 2.13. The van der Waals surface area contributed by atoms with Crippen molar-refractivity contribution in [1.29, 1.82) is 0 Å². The number of amides is 1. The highest BCUT2D eigenvalue weighted by Gasteiger charge is 2.38. The fourth-order valence-electron chi connectivity index (χ4n) is 0.520. The molecule has 5 N–H and O–H groups in total. The third-order valence-corrected chi connectivity index (χ3v) is 1.27. The van der Waals surface area contributed by atoms with Gasteiger partial charge in [0.05, 0.1) is 6.42 Å². The minimum atomic E-state index is -5.08. The van der Waals surface area contributed by atoms with Crippen LogP contribution in [0.15, 0.2) is 0 Å². The van der Waals surface area contributed by atoms with Crippen molar-refractivity contribution in [3.63, 3.8) is 0 Å². The Labute approximate surface area is 99.8 Å². The summed E-state index contributed by atoms with van der Waals surface area (Å²) in [5.41, 5.74) is 5.10. The van der Waals surface area contributed by atoms with Crippen molar-refractivity contribution in [1.82, 2.24) is 5.32 Å². The highest BCUT2D eigenvalue weighted by molar-refractivity contribution is 5.80. The van der Waals surface area contributed by atoms with Crippen molar-refractivity contribution in [2.24, 2.45) is 5.73 Å². The molecule has 0 radical (unpaired) electrons. The maximum atomic E-state index is 10.7. The SMILES string of the molecule is NCCNC(=O)CCC(=O)O.O=C(O)C(F)(F)F. The van der Waals surface area contributed by atoms with Gasteiger partial charge in [-0.2, -0.15) is 13.2 Å². The smallest absolute Gasteiger partial charge is 0.481 e. The van der Waals surface area contributed by atoms with Crippen LogP contribution in [-0.2, 0) is 14.4 Å². The maximum Gasteiger partial charge on any atom is 0.490 e. The van der Waals surface area contributed by atoms with E-state index in [1.54, 1.807) is 0 Å². The van der Waals surface area contributed by atoms with Crippen molar-refractivity contribution < 1.29 is 37.8 Å². The van der Waals surface area contributed by atoms with Gasteiger partial charge in [0, 0.05) is 19.5 Å². The number of hydrogen-bond acceptors (Lipinski definition) is 4. The van der Waals surface area contributed by atoms with Crippen LogP contribution in [0.2, 0.25) is 0 Å². The van der Waals surface area contributed by atoms with Gasteiger partial charge in [-0.25, -0.2) is 4.79 Å². The number of carboxylic acid groups (broad SMARTS) is 2. The van der Waals surface area contributed by atoms with Crippen LogP contribution in [0.25, 0.3) is 0 Å². The minimum absolute atomic E-state index is 0.0231. The zero-order chi connectivity index (χ0) is 14.8. The summed E-state index contributed by atoms with van der Waals surface area (Å²) in [6.07, 6.45) is -5.19. The zero-order valence-electron chi connectivity index (χ0n) is 9.16. The summed E-state index contributed by atoms with van der Waals surface area (Å²) in [5, 5.41) is 17.8. The summed E-state index contributed by atoms with van der Waals surface area (Å²) in [7, 11) is 0. The lowest BCUT2D eigenvalue weighted by Gasteiger charge is -1.99. The van der Waals surface area contributed by atoms with Gasteiger partial charge in [-0.3, -0.25) is 9.59 Å². The largest absolute Gasteiger partial charge is 0.490 e. The van der Waals surface area contributed by atoms with Crippen molar-refractivity contribution >= 4 is 17.8 Å². The molecule has 0 aromatic heterocycles. The maximum absolute atomic E-state index is 10.7. The fraction of sp³-hybridized carbons (Fsp3) is 0.625. The van der Waals surface area contributed by atoms with Gasteiger partial charge in [-0.05, 0) is 0 Å². The average molecular weight is 274 g/mol. The molecule has 18 heavy (non-hydrogen) atoms. The Balaban J connectivity index is 0. The minimum Gasteiger partial charge on any atom is -0.481 e. The Morgan fingerprint density at radius 2 is 1.56 bits per heavy atom. The first-order chi connectivity index (χ1) is 8.11. The standard InChI is InChI=1S/C6H12N2O3.C2HF3O2/c7-3-4-8-5(9)1-2-6(10)11;3-2(4,5)1(6)7/h1-4,7H2,(H,8,9)(H,10,11);(H,6,7). The number of carbonyl (C=O) groups is 3. The summed E-state index contributed by atoms with van der Waals surface area (Å²) < 4.78 is 31.7. The number of carboxylic acids is 2. The van der Waals surface area contributed by atoms with Crippen LogP contribution in [0.5, 0.6) is 0 Å². The second-order valence-corrected chi connectivity index (χ2v) is 2.84. The molecule has 0 aromatic rings. The lowest BCUT2D eigenvalue weighted by atomic mass is 10.3. The Hall–Kier alpha value is -1.84. The van der Waals surface area contributed by atoms with E-state index in [1.807, 2.05) is 0 Å². The monoisotopic (exact) mass is 274 g/mol. The van der Waals surface area contributed by atoms with Gasteiger partial charge in [0.2, 0.25) is 5.91 Å². The number of hydrogen-bond donors (Lipinski definition) is 4. The topological polar surface area (TPSA) is 130 Å². The zero-order valence-corrected chi connectivity index (χ0v) is 9.16. The first kappa shape index (κ1) is 18.5. The van der Waals surface area contributed by atoms with Crippen LogP contribution in [0.3, 0.4) is 0 Å². The lowest BCUT2D eigenvalue weighted by molar-refractivity contribution is -0.192. The predicted octanol–water partition coefficient (Wildman–Crippen LogP) is -0.441. The van der Waals surface area contributed by atoms with Crippen molar-refractivity contribution in [2.75, 3.05) is 13.1 Å². The molecule has 0 aliphatic rings. The molecule has 0 aliphatic heterocycles. The third kappa shape index (κ3) is 14.2. The van der Waals surface area contributed by atoms with E-state index in [9.17, 15) is 22.8 Å². The number of carbonyl (C=O) groups excluding carboxylic acids is 1. The molecule has 0 fully saturated rings. The molecule has 10 heteroatoms. The van der Waals surface area contributed by atoms with Crippen molar-refractivity contribution in [3.8, 4) is 0 Å². The quantitative estimate of drug-likeness (QED) is 0.537. The number of rotatable bonds is 5. The van der Waals surface area contributed by atoms with Crippen LogP contribution >= 0.6 is 0 Å². The molecular weight excluding hydrogens is 261 g/mol. The predicted molar refractivity (Wildman–Crippen MR) is 52.6 cm³/mol. The molecule has 0 aromatic carbocycles. The molecule has 7 nitrogen and oxygen atoms in total. The molecule has 0 heterocycles. The number of nitrogens with one attached hydrogen (secondary N) is 1. The van der Waals surface area contributed by atoms with Gasteiger partial charge in [0.15, 0.2) is 0 Å². The molecular formula is C8H13F3N2O5. The van der Waals surface area contributed by atoms with Crippen LogP contribution in [0, 0.1) is 0 Å². The van der Waals surface area contributed by atoms with E-state index < -0.39 is 18.1 Å². The highest BCUT2D eigenvalue weighted by atomic mass is 19.4. The number of aliphatic carboxylic acids is 2. The van der Waals surface area contributed by atoms with E-state index in [0.29, 0.717) is 13.1 Å². The molecule has 106 valence electrons. The summed E-state index contributed by atoms with van der Waals surface area (Å²) in [6, 6.07) is 0. The van der Waals surface area contributed by atoms with E-state index in [4.69, 9.17) is 20.7 Å². The normalized spacial score (nSPS) is 10.0. The molecule has 1 amide bonds. The van der Waals surface area contributed by atoms with Gasteiger partial charge in [0.25, 0.3) is 0 Å². The summed E-state index contributed by atoms with van der Waals surface area (Å²) >= 11 is 0.